The molecule has 0 atom stereocenters. The summed E-state index contributed by atoms with van der Waals surface area (Å²) in [5, 5.41) is 4.06. The Morgan fingerprint density at radius 3 is 2.74 bits per heavy atom. The first-order valence-electron chi connectivity index (χ1n) is 6.39. The quantitative estimate of drug-likeness (QED) is 0.805. The zero-order valence-electron chi connectivity index (χ0n) is 11.7. The molecule has 0 aliphatic heterocycles. The lowest BCUT2D eigenvalue weighted by molar-refractivity contribution is -0.116. The maximum atomic E-state index is 11.0. The van der Waals surface area contributed by atoms with Crippen LogP contribution in [0.25, 0.3) is 0 Å². The second-order valence-corrected chi connectivity index (χ2v) is 5.49. The lowest BCUT2D eigenvalue weighted by Crippen LogP contribution is -2.31. The molecule has 0 aliphatic carbocycles. The van der Waals surface area contributed by atoms with Crippen LogP contribution in [0, 0.1) is 5.92 Å². The smallest absolute Gasteiger partial charge is 0.236 e. The SMILES string of the molecule is CC(C)CNCc1c(Cl)cccc1N(C)CC(N)=O. The Hall–Kier alpha value is -1.26. The van der Waals surface area contributed by atoms with Crippen LogP contribution in [-0.2, 0) is 11.3 Å². The van der Waals surface area contributed by atoms with Gasteiger partial charge in [-0.2, -0.15) is 0 Å². The minimum Gasteiger partial charge on any atom is -0.368 e. The van der Waals surface area contributed by atoms with E-state index in [0.717, 1.165) is 17.8 Å². The van der Waals surface area contributed by atoms with Crippen molar-refractivity contribution in [2.45, 2.75) is 20.4 Å². The van der Waals surface area contributed by atoms with E-state index in [-0.39, 0.29) is 12.5 Å². The first-order chi connectivity index (χ1) is 8.91. The van der Waals surface area contributed by atoms with E-state index in [1.807, 2.05) is 30.1 Å². The van der Waals surface area contributed by atoms with Gasteiger partial charge in [0.15, 0.2) is 0 Å². The minimum absolute atomic E-state index is 0.178. The summed E-state index contributed by atoms with van der Waals surface area (Å²) in [5.41, 5.74) is 7.16. The number of carbonyl (C=O) groups excluding carboxylic acids is 1. The highest BCUT2D eigenvalue weighted by atomic mass is 35.5. The van der Waals surface area contributed by atoms with Crippen molar-refractivity contribution >= 4 is 23.2 Å². The standard InChI is InChI=1S/C14H22ClN3O/c1-10(2)7-17-8-11-12(15)5-4-6-13(11)18(3)9-14(16)19/h4-6,10,17H,7-9H2,1-3H3,(H2,16,19). The molecule has 106 valence electrons. The van der Waals surface area contributed by atoms with E-state index in [0.29, 0.717) is 17.5 Å². The molecule has 1 aromatic rings. The van der Waals surface area contributed by atoms with Gasteiger partial charge in [-0.3, -0.25) is 4.79 Å². The van der Waals surface area contributed by atoms with Crippen molar-refractivity contribution in [3.05, 3.63) is 28.8 Å². The highest BCUT2D eigenvalue weighted by Gasteiger charge is 2.12. The fraction of sp³-hybridized carbons (Fsp3) is 0.500. The van der Waals surface area contributed by atoms with Crippen LogP contribution in [0.4, 0.5) is 5.69 Å². The average molecular weight is 284 g/mol. The molecule has 0 aromatic heterocycles. The largest absolute Gasteiger partial charge is 0.368 e. The Morgan fingerprint density at radius 2 is 2.16 bits per heavy atom. The number of amides is 1. The third kappa shape index (κ3) is 5.09. The van der Waals surface area contributed by atoms with Gasteiger partial charge >= 0.3 is 0 Å². The zero-order chi connectivity index (χ0) is 14.4. The molecule has 5 heteroatoms. The van der Waals surface area contributed by atoms with Crippen LogP contribution < -0.4 is 16.0 Å². The molecule has 19 heavy (non-hydrogen) atoms. The van der Waals surface area contributed by atoms with Crippen LogP contribution in [-0.4, -0.2) is 26.0 Å². The summed E-state index contributed by atoms with van der Waals surface area (Å²) in [5.74, 6) is 0.220. The average Bonchev–Trinajstić information content (AvgIpc) is 2.29. The Labute approximate surface area is 119 Å². The van der Waals surface area contributed by atoms with Crippen molar-refractivity contribution in [1.29, 1.82) is 0 Å². The normalized spacial score (nSPS) is 10.8. The molecule has 0 saturated heterocycles. The number of halogens is 1. The van der Waals surface area contributed by atoms with Gasteiger partial charge in [0, 0.05) is 29.9 Å². The van der Waals surface area contributed by atoms with Gasteiger partial charge in [0.05, 0.1) is 6.54 Å². The van der Waals surface area contributed by atoms with Crippen LogP contribution in [0.15, 0.2) is 18.2 Å². The van der Waals surface area contributed by atoms with Crippen LogP contribution in [0.3, 0.4) is 0 Å². The highest BCUT2D eigenvalue weighted by Crippen LogP contribution is 2.26. The number of anilines is 1. The molecule has 0 unspecified atom stereocenters. The summed E-state index contributed by atoms with van der Waals surface area (Å²) in [6.07, 6.45) is 0. The zero-order valence-corrected chi connectivity index (χ0v) is 12.5. The molecular formula is C14H22ClN3O. The van der Waals surface area contributed by atoms with E-state index in [1.54, 1.807) is 0 Å². The Morgan fingerprint density at radius 1 is 1.47 bits per heavy atom. The number of benzene rings is 1. The second kappa shape index (κ2) is 7.36. The highest BCUT2D eigenvalue weighted by molar-refractivity contribution is 6.31. The maximum Gasteiger partial charge on any atom is 0.236 e. The predicted molar refractivity (Wildman–Crippen MR) is 80.5 cm³/mol. The minimum atomic E-state index is -0.358. The van der Waals surface area contributed by atoms with Crippen molar-refractivity contribution in [3.8, 4) is 0 Å². The number of primary amides is 1. The third-order valence-electron chi connectivity index (χ3n) is 2.75. The molecule has 0 radical (unpaired) electrons. The molecule has 0 saturated carbocycles. The van der Waals surface area contributed by atoms with E-state index in [1.165, 1.54) is 0 Å². The summed E-state index contributed by atoms with van der Waals surface area (Å²) < 4.78 is 0. The van der Waals surface area contributed by atoms with E-state index in [4.69, 9.17) is 17.3 Å². The summed E-state index contributed by atoms with van der Waals surface area (Å²) >= 11 is 6.24. The van der Waals surface area contributed by atoms with Crippen molar-refractivity contribution in [1.82, 2.24) is 5.32 Å². The number of likely N-dealkylation sites (N-methyl/N-ethyl adjacent to an activating group) is 1. The molecule has 1 rings (SSSR count). The summed E-state index contributed by atoms with van der Waals surface area (Å²) in [6, 6.07) is 5.68. The predicted octanol–water partition coefficient (Wildman–Crippen LogP) is 2.01. The van der Waals surface area contributed by atoms with E-state index in [2.05, 4.69) is 19.2 Å². The first-order valence-corrected chi connectivity index (χ1v) is 6.77. The maximum absolute atomic E-state index is 11.0. The van der Waals surface area contributed by atoms with Crippen LogP contribution in [0.2, 0.25) is 5.02 Å². The number of rotatable bonds is 7. The van der Waals surface area contributed by atoms with Crippen LogP contribution in [0.1, 0.15) is 19.4 Å². The Balaban J connectivity index is 2.85. The van der Waals surface area contributed by atoms with Gasteiger partial charge in [0.2, 0.25) is 5.91 Å². The van der Waals surface area contributed by atoms with Crippen molar-refractivity contribution in [2.24, 2.45) is 11.7 Å². The second-order valence-electron chi connectivity index (χ2n) is 5.08. The number of hydrogen-bond acceptors (Lipinski definition) is 3. The Bertz CT molecular complexity index is 435. The molecule has 1 aromatic carbocycles. The molecule has 3 N–H and O–H groups in total. The van der Waals surface area contributed by atoms with E-state index >= 15 is 0 Å². The van der Waals surface area contributed by atoms with Crippen molar-refractivity contribution in [3.63, 3.8) is 0 Å². The third-order valence-corrected chi connectivity index (χ3v) is 3.11. The molecule has 1 amide bonds. The molecule has 0 fully saturated rings. The molecule has 0 spiro atoms. The number of hydrogen-bond donors (Lipinski definition) is 2. The van der Waals surface area contributed by atoms with Gasteiger partial charge in [-0.15, -0.1) is 0 Å². The van der Waals surface area contributed by atoms with Gasteiger partial charge in [-0.1, -0.05) is 31.5 Å². The van der Waals surface area contributed by atoms with Gasteiger partial charge in [-0.25, -0.2) is 0 Å². The van der Waals surface area contributed by atoms with Gasteiger partial charge in [0.25, 0.3) is 0 Å². The number of nitrogens with one attached hydrogen (secondary N) is 1. The number of nitrogens with two attached hydrogens (primary N) is 1. The Kier molecular flexibility index (Phi) is 6.12. The van der Waals surface area contributed by atoms with Crippen LogP contribution >= 0.6 is 11.6 Å². The molecular weight excluding hydrogens is 262 g/mol. The van der Waals surface area contributed by atoms with E-state index < -0.39 is 0 Å². The summed E-state index contributed by atoms with van der Waals surface area (Å²) in [4.78, 5) is 12.8. The van der Waals surface area contributed by atoms with Gasteiger partial charge in [0.1, 0.15) is 0 Å². The number of carbonyl (C=O) groups is 1. The van der Waals surface area contributed by atoms with Crippen molar-refractivity contribution < 1.29 is 4.79 Å². The van der Waals surface area contributed by atoms with Crippen molar-refractivity contribution in [2.75, 3.05) is 25.0 Å². The lowest BCUT2D eigenvalue weighted by Gasteiger charge is -2.22. The summed E-state index contributed by atoms with van der Waals surface area (Å²) in [6.45, 7) is 6.08. The first kappa shape index (κ1) is 15.8. The fourth-order valence-corrected chi connectivity index (χ4v) is 2.12. The monoisotopic (exact) mass is 283 g/mol. The topological polar surface area (TPSA) is 58.4 Å². The number of nitrogens with zero attached hydrogens (tertiary/aromatic N) is 1. The summed E-state index contributed by atoms with van der Waals surface area (Å²) in [7, 11) is 1.84. The molecule has 4 nitrogen and oxygen atoms in total. The van der Waals surface area contributed by atoms with Gasteiger partial charge < -0.3 is 16.0 Å². The molecule has 0 aliphatic rings. The molecule has 0 bridgehead atoms. The van der Waals surface area contributed by atoms with Crippen LogP contribution in [0.5, 0.6) is 0 Å². The lowest BCUT2D eigenvalue weighted by atomic mass is 10.1. The fourth-order valence-electron chi connectivity index (χ4n) is 1.88. The van der Waals surface area contributed by atoms with Gasteiger partial charge in [-0.05, 0) is 24.6 Å². The van der Waals surface area contributed by atoms with E-state index in [9.17, 15) is 4.79 Å². The molecule has 0 heterocycles.